The number of fused-ring (bicyclic) bond motifs is 1. The number of para-hydroxylation sites is 1. The standard InChI is InChI=1S/C18H14O4/c1-2-14-16(17(20)11-7-9-12(19)10-8-11)18(21)13-5-3-4-6-15(13)22-14/h3-10,19H,2H2,1H3. The third-order valence-corrected chi connectivity index (χ3v) is 3.55. The number of ketones is 1. The summed E-state index contributed by atoms with van der Waals surface area (Å²) in [5, 5.41) is 9.70. The maximum Gasteiger partial charge on any atom is 0.204 e. The highest BCUT2D eigenvalue weighted by Gasteiger charge is 2.21. The second-order valence-corrected chi connectivity index (χ2v) is 4.96. The van der Waals surface area contributed by atoms with Gasteiger partial charge in [0.15, 0.2) is 5.78 Å². The van der Waals surface area contributed by atoms with Crippen LogP contribution < -0.4 is 5.43 Å². The van der Waals surface area contributed by atoms with Gasteiger partial charge in [-0.15, -0.1) is 0 Å². The highest BCUT2D eigenvalue weighted by molar-refractivity contribution is 6.10. The fraction of sp³-hybridized carbons (Fsp3) is 0.111. The summed E-state index contributed by atoms with van der Waals surface area (Å²) in [5.41, 5.74) is 0.561. The van der Waals surface area contributed by atoms with E-state index in [4.69, 9.17) is 4.42 Å². The first-order chi connectivity index (χ1) is 10.6. The van der Waals surface area contributed by atoms with Crippen LogP contribution in [-0.4, -0.2) is 10.9 Å². The molecule has 1 aromatic heterocycles. The predicted molar refractivity (Wildman–Crippen MR) is 83.4 cm³/mol. The average molecular weight is 294 g/mol. The van der Waals surface area contributed by atoms with Crippen LogP contribution in [0.4, 0.5) is 0 Å². The predicted octanol–water partition coefficient (Wildman–Crippen LogP) is 3.29. The molecule has 0 fully saturated rings. The minimum absolute atomic E-state index is 0.0619. The van der Waals surface area contributed by atoms with Crippen LogP contribution in [-0.2, 0) is 6.42 Å². The molecule has 0 aliphatic carbocycles. The van der Waals surface area contributed by atoms with Crippen LogP contribution in [0.3, 0.4) is 0 Å². The van der Waals surface area contributed by atoms with Crippen LogP contribution >= 0.6 is 0 Å². The number of benzene rings is 2. The van der Waals surface area contributed by atoms with Gasteiger partial charge in [-0.05, 0) is 36.4 Å². The van der Waals surface area contributed by atoms with Gasteiger partial charge < -0.3 is 9.52 Å². The van der Waals surface area contributed by atoms with Gasteiger partial charge in [-0.3, -0.25) is 9.59 Å². The van der Waals surface area contributed by atoms with E-state index in [1.54, 1.807) is 24.3 Å². The van der Waals surface area contributed by atoms with Crippen molar-refractivity contribution in [1.29, 1.82) is 0 Å². The number of phenols is 1. The van der Waals surface area contributed by atoms with Crippen LogP contribution in [0.15, 0.2) is 57.7 Å². The zero-order valence-corrected chi connectivity index (χ0v) is 12.0. The van der Waals surface area contributed by atoms with Gasteiger partial charge >= 0.3 is 0 Å². The summed E-state index contributed by atoms with van der Waals surface area (Å²) in [7, 11) is 0. The summed E-state index contributed by atoms with van der Waals surface area (Å²) >= 11 is 0. The lowest BCUT2D eigenvalue weighted by atomic mass is 9.99. The summed E-state index contributed by atoms with van der Waals surface area (Å²) in [5.74, 6) is 0.0518. The molecule has 2 aromatic carbocycles. The Morgan fingerprint density at radius 3 is 2.45 bits per heavy atom. The highest BCUT2D eigenvalue weighted by Crippen LogP contribution is 2.20. The largest absolute Gasteiger partial charge is 0.508 e. The summed E-state index contributed by atoms with van der Waals surface area (Å²) in [6.07, 6.45) is 0.444. The van der Waals surface area contributed by atoms with Crippen molar-refractivity contribution in [3.05, 3.63) is 75.6 Å². The molecular formula is C18H14O4. The summed E-state index contributed by atoms with van der Waals surface area (Å²) in [6.45, 7) is 1.83. The lowest BCUT2D eigenvalue weighted by molar-refractivity contribution is 0.103. The molecule has 0 atom stereocenters. The molecule has 0 saturated carbocycles. The van der Waals surface area contributed by atoms with Gasteiger partial charge in [-0.25, -0.2) is 0 Å². The molecule has 0 spiro atoms. The Morgan fingerprint density at radius 2 is 1.77 bits per heavy atom. The number of aromatic hydroxyl groups is 1. The van der Waals surface area contributed by atoms with E-state index < -0.39 is 5.78 Å². The van der Waals surface area contributed by atoms with Crippen molar-refractivity contribution in [3.63, 3.8) is 0 Å². The molecule has 0 radical (unpaired) electrons. The van der Waals surface area contributed by atoms with E-state index in [-0.39, 0.29) is 16.7 Å². The number of aryl methyl sites for hydroxylation is 1. The molecule has 4 heteroatoms. The lowest BCUT2D eigenvalue weighted by Crippen LogP contribution is -2.19. The second-order valence-electron chi connectivity index (χ2n) is 4.96. The van der Waals surface area contributed by atoms with Crippen molar-refractivity contribution >= 4 is 16.8 Å². The van der Waals surface area contributed by atoms with Crippen molar-refractivity contribution in [2.75, 3.05) is 0 Å². The highest BCUT2D eigenvalue weighted by atomic mass is 16.3. The molecule has 0 aliphatic rings. The van der Waals surface area contributed by atoms with Crippen molar-refractivity contribution < 1.29 is 14.3 Å². The smallest absolute Gasteiger partial charge is 0.204 e. The van der Waals surface area contributed by atoms with Gasteiger partial charge in [0, 0.05) is 12.0 Å². The molecular weight excluding hydrogens is 280 g/mol. The summed E-state index contributed by atoms with van der Waals surface area (Å²) < 4.78 is 5.72. The van der Waals surface area contributed by atoms with Gasteiger partial charge in [0.25, 0.3) is 0 Å². The van der Waals surface area contributed by atoms with E-state index in [2.05, 4.69) is 0 Å². The number of hydrogen-bond donors (Lipinski definition) is 1. The van der Waals surface area contributed by atoms with Crippen LogP contribution in [0.25, 0.3) is 11.0 Å². The minimum Gasteiger partial charge on any atom is -0.508 e. The molecule has 0 amide bonds. The Kier molecular flexibility index (Phi) is 3.51. The fourth-order valence-electron chi connectivity index (χ4n) is 2.42. The molecule has 4 nitrogen and oxygen atoms in total. The monoisotopic (exact) mass is 294 g/mol. The van der Waals surface area contributed by atoms with Crippen molar-refractivity contribution in [1.82, 2.24) is 0 Å². The normalized spacial score (nSPS) is 10.8. The van der Waals surface area contributed by atoms with Gasteiger partial charge in [0.05, 0.1) is 5.39 Å². The third-order valence-electron chi connectivity index (χ3n) is 3.55. The number of hydrogen-bond acceptors (Lipinski definition) is 4. The molecule has 0 saturated heterocycles. The second kappa shape index (κ2) is 5.48. The Labute approximate surface area is 126 Å². The number of carbonyl (C=O) groups is 1. The molecule has 3 rings (SSSR count). The van der Waals surface area contributed by atoms with E-state index in [0.717, 1.165) is 0 Å². The fourth-order valence-corrected chi connectivity index (χ4v) is 2.42. The molecule has 22 heavy (non-hydrogen) atoms. The van der Waals surface area contributed by atoms with Crippen LogP contribution in [0.5, 0.6) is 5.75 Å². The van der Waals surface area contributed by atoms with E-state index in [9.17, 15) is 14.7 Å². The maximum absolute atomic E-state index is 12.7. The molecule has 3 aromatic rings. The lowest BCUT2D eigenvalue weighted by Gasteiger charge is -2.08. The van der Waals surface area contributed by atoms with Crippen LogP contribution in [0.1, 0.15) is 28.6 Å². The van der Waals surface area contributed by atoms with E-state index in [1.807, 2.05) is 6.92 Å². The molecule has 1 heterocycles. The molecule has 1 N–H and O–H groups in total. The van der Waals surface area contributed by atoms with Gasteiger partial charge in [0.1, 0.15) is 22.7 Å². The van der Waals surface area contributed by atoms with E-state index in [0.29, 0.717) is 28.7 Å². The quantitative estimate of drug-likeness (QED) is 0.753. The number of rotatable bonds is 3. The zero-order chi connectivity index (χ0) is 15.7. The summed E-state index contributed by atoms with van der Waals surface area (Å²) in [4.78, 5) is 25.3. The maximum atomic E-state index is 12.7. The first-order valence-electron chi connectivity index (χ1n) is 7.00. The first kappa shape index (κ1) is 14.1. The van der Waals surface area contributed by atoms with Gasteiger partial charge in [-0.1, -0.05) is 19.1 Å². The first-order valence-corrected chi connectivity index (χ1v) is 7.00. The van der Waals surface area contributed by atoms with Crippen LogP contribution in [0, 0.1) is 0 Å². The zero-order valence-electron chi connectivity index (χ0n) is 12.0. The average Bonchev–Trinajstić information content (AvgIpc) is 2.55. The Bertz CT molecular complexity index is 905. The molecule has 0 aliphatic heterocycles. The third kappa shape index (κ3) is 2.29. The Hall–Kier alpha value is -2.88. The Morgan fingerprint density at radius 1 is 1.09 bits per heavy atom. The number of carbonyl (C=O) groups excluding carboxylic acids is 1. The minimum atomic E-state index is -0.392. The Balaban J connectivity index is 2.25. The van der Waals surface area contributed by atoms with Crippen molar-refractivity contribution in [2.45, 2.75) is 13.3 Å². The van der Waals surface area contributed by atoms with E-state index >= 15 is 0 Å². The SMILES string of the molecule is CCc1oc2ccccc2c(=O)c1C(=O)c1ccc(O)cc1. The summed E-state index contributed by atoms with van der Waals surface area (Å²) in [6, 6.07) is 12.7. The van der Waals surface area contributed by atoms with E-state index in [1.165, 1.54) is 24.3 Å². The van der Waals surface area contributed by atoms with Gasteiger partial charge in [-0.2, -0.15) is 0 Å². The van der Waals surface area contributed by atoms with Crippen molar-refractivity contribution in [2.24, 2.45) is 0 Å². The molecule has 110 valence electrons. The number of phenolic OH excluding ortho intramolecular Hbond substituents is 1. The van der Waals surface area contributed by atoms with Crippen LogP contribution in [0.2, 0.25) is 0 Å². The molecule has 0 bridgehead atoms. The topological polar surface area (TPSA) is 67.5 Å². The molecule has 0 unspecified atom stereocenters. The van der Waals surface area contributed by atoms with Gasteiger partial charge in [0.2, 0.25) is 5.43 Å². The van der Waals surface area contributed by atoms with Crippen molar-refractivity contribution in [3.8, 4) is 5.75 Å².